The number of piperidine rings is 1. The van der Waals surface area contributed by atoms with Gasteiger partial charge in [0.05, 0.1) is 17.5 Å². The zero-order valence-electron chi connectivity index (χ0n) is 15.1. The minimum atomic E-state index is -3.12. The Morgan fingerprint density at radius 2 is 2.15 bits per heavy atom. The van der Waals surface area contributed by atoms with Crippen molar-refractivity contribution in [2.45, 2.75) is 19.4 Å². The van der Waals surface area contributed by atoms with Crippen molar-refractivity contribution in [3.63, 3.8) is 0 Å². The number of carbonyl (C=O) groups excluding carboxylic acids is 1. The van der Waals surface area contributed by atoms with Gasteiger partial charge in [0.25, 0.3) is 5.91 Å². The number of nitrogens with zero attached hydrogens (tertiary/aromatic N) is 2. The van der Waals surface area contributed by atoms with Crippen LogP contribution in [-0.4, -0.2) is 49.5 Å². The fourth-order valence-corrected chi connectivity index (χ4v) is 4.39. The zero-order valence-corrected chi connectivity index (χ0v) is 16.8. The van der Waals surface area contributed by atoms with Crippen molar-refractivity contribution < 1.29 is 17.9 Å². The van der Waals surface area contributed by atoms with Crippen LogP contribution < -0.4 is 10.1 Å². The number of nitrogens with one attached hydrogen (secondary N) is 1. The van der Waals surface area contributed by atoms with Crippen molar-refractivity contribution in [3.05, 3.63) is 46.4 Å². The molecule has 2 heterocycles. The second-order valence-corrected chi connectivity index (χ2v) is 9.31. The first-order chi connectivity index (χ1) is 12.9. The Balaban J connectivity index is 1.47. The van der Waals surface area contributed by atoms with E-state index >= 15 is 0 Å². The number of hydrogen-bond donors (Lipinski definition) is 1. The summed E-state index contributed by atoms with van der Waals surface area (Å²) in [5.74, 6) is 0.757. The number of hydrogen-bond acceptors (Lipinski definition) is 6. The number of sulfonamides is 1. The van der Waals surface area contributed by atoms with E-state index in [1.165, 1.54) is 21.9 Å². The van der Waals surface area contributed by atoms with E-state index in [1.807, 2.05) is 11.4 Å². The molecule has 1 aromatic heterocycles. The van der Waals surface area contributed by atoms with Crippen molar-refractivity contribution in [2.24, 2.45) is 5.92 Å². The van der Waals surface area contributed by atoms with E-state index in [2.05, 4.69) is 10.3 Å². The van der Waals surface area contributed by atoms with Crippen LogP contribution in [0.2, 0.25) is 0 Å². The van der Waals surface area contributed by atoms with Gasteiger partial charge in [-0.15, -0.1) is 11.3 Å². The highest BCUT2D eigenvalue weighted by molar-refractivity contribution is 7.88. The van der Waals surface area contributed by atoms with Gasteiger partial charge in [-0.05, 0) is 37.0 Å². The van der Waals surface area contributed by atoms with E-state index in [0.29, 0.717) is 37.6 Å². The molecule has 9 heteroatoms. The summed E-state index contributed by atoms with van der Waals surface area (Å²) in [5, 5.41) is 4.87. The fourth-order valence-electron chi connectivity index (χ4n) is 2.98. The van der Waals surface area contributed by atoms with Gasteiger partial charge in [0, 0.05) is 30.6 Å². The van der Waals surface area contributed by atoms with Gasteiger partial charge in [-0.25, -0.2) is 17.7 Å². The number of rotatable bonds is 7. The van der Waals surface area contributed by atoms with Crippen LogP contribution in [0.25, 0.3) is 0 Å². The number of amides is 1. The summed E-state index contributed by atoms with van der Waals surface area (Å²) in [4.78, 5) is 16.6. The molecular formula is C18H23N3O4S2. The van der Waals surface area contributed by atoms with Crippen LogP contribution >= 0.6 is 11.3 Å². The molecule has 0 unspecified atom stereocenters. The molecule has 1 aromatic carbocycles. The monoisotopic (exact) mass is 409 g/mol. The minimum absolute atomic E-state index is 0.153. The Morgan fingerprint density at radius 3 is 2.81 bits per heavy atom. The number of ether oxygens (including phenoxy) is 1. The molecule has 3 rings (SSSR count). The Labute approximate surface area is 163 Å². The Bertz CT molecular complexity index is 860. The highest BCUT2D eigenvalue weighted by atomic mass is 32.2. The molecule has 0 atom stereocenters. The molecule has 0 saturated carbocycles. The van der Waals surface area contributed by atoms with E-state index in [1.54, 1.807) is 23.7 Å². The number of thiazole rings is 1. The van der Waals surface area contributed by atoms with Crippen LogP contribution in [0.3, 0.4) is 0 Å². The molecule has 0 bridgehead atoms. The predicted octanol–water partition coefficient (Wildman–Crippen LogP) is 2.12. The first kappa shape index (κ1) is 19.8. The van der Waals surface area contributed by atoms with Crippen LogP contribution in [0, 0.1) is 5.92 Å². The van der Waals surface area contributed by atoms with Gasteiger partial charge in [-0.3, -0.25) is 4.79 Å². The summed E-state index contributed by atoms with van der Waals surface area (Å²) in [7, 11) is -3.12. The molecule has 1 aliphatic rings. The average Bonchev–Trinajstić information content (AvgIpc) is 3.18. The first-order valence-electron chi connectivity index (χ1n) is 8.75. The Kier molecular flexibility index (Phi) is 6.46. The van der Waals surface area contributed by atoms with E-state index in [0.717, 1.165) is 18.5 Å². The standard InChI is InChI=1S/C18H23N3O4S2/c1-27(23,24)21-7-5-14(6-8-21)10-19-18(22)15-3-2-4-17(9-15)25-11-16-12-26-13-20-16/h2-4,9,12-14H,5-8,10-11H2,1H3,(H,19,22). The lowest BCUT2D eigenvalue weighted by Gasteiger charge is -2.30. The van der Waals surface area contributed by atoms with Crippen molar-refractivity contribution >= 4 is 27.3 Å². The second kappa shape index (κ2) is 8.81. The molecule has 146 valence electrons. The van der Waals surface area contributed by atoms with Crippen LogP contribution in [0.5, 0.6) is 5.75 Å². The Hall–Kier alpha value is -1.97. The average molecular weight is 410 g/mol. The molecule has 0 radical (unpaired) electrons. The summed E-state index contributed by atoms with van der Waals surface area (Å²) >= 11 is 1.51. The minimum Gasteiger partial charge on any atom is -0.487 e. The molecule has 0 spiro atoms. The van der Waals surface area contributed by atoms with Gasteiger partial charge < -0.3 is 10.1 Å². The maximum Gasteiger partial charge on any atom is 0.251 e. The maximum atomic E-state index is 12.4. The van der Waals surface area contributed by atoms with Gasteiger partial charge in [0.1, 0.15) is 12.4 Å². The van der Waals surface area contributed by atoms with E-state index in [4.69, 9.17) is 4.74 Å². The largest absolute Gasteiger partial charge is 0.487 e. The van der Waals surface area contributed by atoms with Gasteiger partial charge in [0.15, 0.2) is 0 Å². The summed E-state index contributed by atoms with van der Waals surface area (Å²) in [6, 6.07) is 7.06. The molecule has 1 N–H and O–H groups in total. The summed E-state index contributed by atoms with van der Waals surface area (Å²) in [5.41, 5.74) is 3.15. The number of carbonyl (C=O) groups is 1. The number of aromatic nitrogens is 1. The van der Waals surface area contributed by atoms with Crippen molar-refractivity contribution in [3.8, 4) is 5.75 Å². The van der Waals surface area contributed by atoms with Gasteiger partial charge >= 0.3 is 0 Å². The summed E-state index contributed by atoms with van der Waals surface area (Å²) in [6.45, 7) is 1.94. The van der Waals surface area contributed by atoms with E-state index < -0.39 is 10.0 Å². The van der Waals surface area contributed by atoms with Crippen LogP contribution in [0.4, 0.5) is 0 Å². The normalized spacial score (nSPS) is 16.2. The molecule has 0 aliphatic carbocycles. The lowest BCUT2D eigenvalue weighted by Crippen LogP contribution is -2.41. The van der Waals surface area contributed by atoms with Crippen molar-refractivity contribution in [1.82, 2.24) is 14.6 Å². The highest BCUT2D eigenvalue weighted by Gasteiger charge is 2.25. The topological polar surface area (TPSA) is 88.6 Å². The van der Waals surface area contributed by atoms with Gasteiger partial charge in [0.2, 0.25) is 10.0 Å². The molecule has 1 aliphatic heterocycles. The van der Waals surface area contributed by atoms with Crippen LogP contribution in [-0.2, 0) is 16.6 Å². The Morgan fingerprint density at radius 1 is 1.37 bits per heavy atom. The summed E-state index contributed by atoms with van der Waals surface area (Å²) in [6.07, 6.45) is 2.74. The third-order valence-corrected chi connectivity index (χ3v) is 6.50. The van der Waals surface area contributed by atoms with Gasteiger partial charge in [-0.1, -0.05) is 6.07 Å². The third kappa shape index (κ3) is 5.75. The zero-order chi connectivity index (χ0) is 19.3. The molecule has 1 fully saturated rings. The quantitative estimate of drug-likeness (QED) is 0.757. The van der Waals surface area contributed by atoms with Crippen LogP contribution in [0.15, 0.2) is 35.2 Å². The molecule has 27 heavy (non-hydrogen) atoms. The van der Waals surface area contributed by atoms with Crippen molar-refractivity contribution in [2.75, 3.05) is 25.9 Å². The maximum absolute atomic E-state index is 12.4. The lowest BCUT2D eigenvalue weighted by molar-refractivity contribution is 0.0941. The summed E-state index contributed by atoms with van der Waals surface area (Å²) < 4.78 is 30.3. The first-order valence-corrected chi connectivity index (χ1v) is 11.5. The van der Waals surface area contributed by atoms with E-state index in [9.17, 15) is 13.2 Å². The fraction of sp³-hybridized carbons (Fsp3) is 0.444. The predicted molar refractivity (Wildman–Crippen MR) is 104 cm³/mol. The smallest absolute Gasteiger partial charge is 0.251 e. The van der Waals surface area contributed by atoms with Gasteiger partial charge in [-0.2, -0.15) is 0 Å². The highest BCUT2D eigenvalue weighted by Crippen LogP contribution is 2.19. The molecule has 1 amide bonds. The van der Waals surface area contributed by atoms with E-state index in [-0.39, 0.29) is 11.8 Å². The SMILES string of the molecule is CS(=O)(=O)N1CCC(CNC(=O)c2cccc(OCc3cscn3)c2)CC1. The molecule has 2 aromatic rings. The second-order valence-electron chi connectivity index (χ2n) is 6.61. The number of benzene rings is 1. The lowest BCUT2D eigenvalue weighted by atomic mass is 9.98. The van der Waals surface area contributed by atoms with Crippen LogP contribution in [0.1, 0.15) is 28.9 Å². The van der Waals surface area contributed by atoms with Crippen molar-refractivity contribution in [1.29, 1.82) is 0 Å². The molecular weight excluding hydrogens is 386 g/mol. The molecule has 7 nitrogen and oxygen atoms in total. The molecule has 1 saturated heterocycles. The third-order valence-electron chi connectivity index (χ3n) is 4.56.